The summed E-state index contributed by atoms with van der Waals surface area (Å²) in [7, 11) is 0. The van der Waals surface area contributed by atoms with Crippen LogP contribution >= 0.6 is 23.2 Å². The van der Waals surface area contributed by atoms with Gasteiger partial charge in [0.05, 0.1) is 6.61 Å². The first-order chi connectivity index (χ1) is 5.27. The maximum absolute atomic E-state index is 5.90. The number of hydrogen-bond acceptors (Lipinski definition) is 1. The molecule has 1 fully saturated rings. The van der Waals surface area contributed by atoms with E-state index >= 15 is 0 Å². The van der Waals surface area contributed by atoms with E-state index in [0.717, 1.165) is 12.2 Å². The fourth-order valence-electron chi connectivity index (χ4n) is 0.990. The zero-order chi connectivity index (χ0) is 7.84. The largest absolute Gasteiger partial charge is 0.368 e. The molecule has 1 heterocycles. The van der Waals surface area contributed by atoms with E-state index < -0.39 is 0 Å². The number of halogens is 2. The summed E-state index contributed by atoms with van der Waals surface area (Å²) in [5, 5.41) is 1.36. The van der Waals surface area contributed by atoms with Gasteiger partial charge in [-0.3, -0.25) is 0 Å². The molecule has 1 aromatic carbocycles. The highest BCUT2D eigenvalue weighted by atomic mass is 35.5. The minimum Gasteiger partial charge on any atom is -0.368 e. The molecule has 1 aliphatic heterocycles. The predicted molar refractivity (Wildman–Crippen MR) is 45.2 cm³/mol. The Hall–Kier alpha value is -0.240. The van der Waals surface area contributed by atoms with Crippen LogP contribution in [0.1, 0.15) is 11.7 Å². The van der Waals surface area contributed by atoms with Crippen LogP contribution in [0.25, 0.3) is 0 Å². The van der Waals surface area contributed by atoms with Crippen molar-refractivity contribution in [2.75, 3.05) is 6.61 Å². The van der Waals surface area contributed by atoms with Gasteiger partial charge in [-0.25, -0.2) is 0 Å². The third kappa shape index (κ3) is 1.51. The fourth-order valence-corrected chi connectivity index (χ4v) is 1.52. The summed E-state index contributed by atoms with van der Waals surface area (Å²) >= 11 is 11.6. The number of ether oxygens (including phenoxy) is 1. The van der Waals surface area contributed by atoms with Crippen molar-refractivity contribution in [1.29, 1.82) is 0 Å². The number of hydrogen-bond donors (Lipinski definition) is 0. The molecule has 2 rings (SSSR count). The lowest BCUT2D eigenvalue weighted by Gasteiger charge is -1.98. The standard InChI is InChI=1S/C8H6Cl2O/c9-5-1-2-6(7(10)3-5)8-4-11-8/h1-3,8H,4H2/t8-/m1/s1. The van der Waals surface area contributed by atoms with Crippen molar-refractivity contribution in [3.63, 3.8) is 0 Å². The van der Waals surface area contributed by atoms with E-state index in [4.69, 9.17) is 27.9 Å². The van der Waals surface area contributed by atoms with E-state index in [9.17, 15) is 0 Å². The summed E-state index contributed by atoms with van der Waals surface area (Å²) in [5.74, 6) is 0. The lowest BCUT2D eigenvalue weighted by Crippen LogP contribution is -1.81. The summed E-state index contributed by atoms with van der Waals surface area (Å²) in [6, 6.07) is 5.47. The third-order valence-corrected chi connectivity index (χ3v) is 2.21. The van der Waals surface area contributed by atoms with Gasteiger partial charge in [0, 0.05) is 15.6 Å². The number of benzene rings is 1. The maximum Gasteiger partial charge on any atom is 0.107 e. The smallest absolute Gasteiger partial charge is 0.107 e. The van der Waals surface area contributed by atoms with Gasteiger partial charge in [-0.05, 0) is 12.1 Å². The fraction of sp³-hybridized carbons (Fsp3) is 0.250. The second-order valence-corrected chi connectivity index (χ2v) is 3.33. The van der Waals surface area contributed by atoms with Crippen LogP contribution < -0.4 is 0 Å². The zero-order valence-corrected chi connectivity index (χ0v) is 7.19. The van der Waals surface area contributed by atoms with Crippen LogP contribution in [0.5, 0.6) is 0 Å². The third-order valence-electron chi connectivity index (χ3n) is 1.64. The molecule has 0 saturated carbocycles. The van der Waals surface area contributed by atoms with Crippen LogP contribution in [0.4, 0.5) is 0 Å². The van der Waals surface area contributed by atoms with Crippen molar-refractivity contribution in [2.24, 2.45) is 0 Å². The molecule has 3 heteroatoms. The summed E-state index contributed by atoms with van der Waals surface area (Å²) in [4.78, 5) is 0. The lowest BCUT2D eigenvalue weighted by atomic mass is 10.2. The van der Waals surface area contributed by atoms with Crippen LogP contribution in [0.2, 0.25) is 10.0 Å². The van der Waals surface area contributed by atoms with Gasteiger partial charge in [0.1, 0.15) is 6.10 Å². The van der Waals surface area contributed by atoms with Crippen LogP contribution in [-0.4, -0.2) is 6.61 Å². The van der Waals surface area contributed by atoms with E-state index in [0.29, 0.717) is 10.0 Å². The Morgan fingerprint density at radius 3 is 2.64 bits per heavy atom. The van der Waals surface area contributed by atoms with Gasteiger partial charge in [-0.1, -0.05) is 29.3 Å². The Morgan fingerprint density at radius 2 is 2.09 bits per heavy atom. The molecular formula is C8H6Cl2O. The van der Waals surface area contributed by atoms with Crippen molar-refractivity contribution in [1.82, 2.24) is 0 Å². The van der Waals surface area contributed by atoms with E-state index in [2.05, 4.69) is 0 Å². The highest BCUT2D eigenvalue weighted by Gasteiger charge is 2.26. The zero-order valence-electron chi connectivity index (χ0n) is 5.68. The topological polar surface area (TPSA) is 12.5 Å². The average Bonchev–Trinajstić information content (AvgIpc) is 2.70. The van der Waals surface area contributed by atoms with E-state index in [1.165, 1.54) is 0 Å². The summed E-state index contributed by atoms with van der Waals surface area (Å²) < 4.78 is 5.09. The Bertz CT molecular complexity index is 281. The van der Waals surface area contributed by atoms with Crippen molar-refractivity contribution in [3.05, 3.63) is 33.8 Å². The second kappa shape index (κ2) is 2.67. The van der Waals surface area contributed by atoms with Crippen LogP contribution in [-0.2, 0) is 4.74 Å². The molecule has 1 aliphatic rings. The number of epoxide rings is 1. The van der Waals surface area contributed by atoms with E-state index in [1.54, 1.807) is 6.07 Å². The minimum absolute atomic E-state index is 0.208. The Balaban J connectivity index is 2.39. The summed E-state index contributed by atoms with van der Waals surface area (Å²) in [6.45, 7) is 0.779. The molecule has 1 atom stereocenters. The van der Waals surface area contributed by atoms with Crippen LogP contribution in [0.15, 0.2) is 18.2 Å². The highest BCUT2D eigenvalue weighted by molar-refractivity contribution is 6.35. The molecule has 0 aliphatic carbocycles. The second-order valence-electron chi connectivity index (χ2n) is 2.49. The first-order valence-corrected chi connectivity index (χ1v) is 4.09. The normalized spacial score (nSPS) is 21.8. The van der Waals surface area contributed by atoms with Crippen molar-refractivity contribution < 1.29 is 4.74 Å². The molecule has 0 bridgehead atoms. The molecule has 11 heavy (non-hydrogen) atoms. The predicted octanol–water partition coefficient (Wildman–Crippen LogP) is 3.06. The maximum atomic E-state index is 5.90. The quantitative estimate of drug-likeness (QED) is 0.618. The molecule has 0 unspecified atom stereocenters. The SMILES string of the molecule is Clc1ccc([C@H]2CO2)c(Cl)c1. The van der Waals surface area contributed by atoms with E-state index in [1.807, 2.05) is 12.1 Å². The summed E-state index contributed by atoms with van der Waals surface area (Å²) in [6.07, 6.45) is 0.208. The molecule has 0 amide bonds. The van der Waals surface area contributed by atoms with Gasteiger partial charge in [-0.15, -0.1) is 0 Å². The van der Waals surface area contributed by atoms with E-state index in [-0.39, 0.29) is 6.10 Å². The first-order valence-electron chi connectivity index (χ1n) is 3.34. The number of rotatable bonds is 1. The van der Waals surface area contributed by atoms with Gasteiger partial charge in [0.25, 0.3) is 0 Å². The monoisotopic (exact) mass is 188 g/mol. The molecular weight excluding hydrogens is 183 g/mol. The lowest BCUT2D eigenvalue weighted by molar-refractivity contribution is 0.416. The van der Waals surface area contributed by atoms with Gasteiger partial charge >= 0.3 is 0 Å². The molecule has 1 nitrogen and oxygen atoms in total. The van der Waals surface area contributed by atoms with Gasteiger partial charge < -0.3 is 4.74 Å². The Morgan fingerprint density at radius 1 is 1.36 bits per heavy atom. The van der Waals surface area contributed by atoms with Crippen LogP contribution in [0, 0.1) is 0 Å². The van der Waals surface area contributed by atoms with Crippen molar-refractivity contribution in [2.45, 2.75) is 6.10 Å². The van der Waals surface area contributed by atoms with Gasteiger partial charge in [0.2, 0.25) is 0 Å². The Kier molecular flexibility index (Phi) is 1.80. The highest BCUT2D eigenvalue weighted by Crippen LogP contribution is 2.35. The van der Waals surface area contributed by atoms with Crippen molar-refractivity contribution >= 4 is 23.2 Å². The molecule has 58 valence electrons. The van der Waals surface area contributed by atoms with Gasteiger partial charge in [0.15, 0.2) is 0 Å². The molecule has 1 aromatic rings. The molecule has 1 saturated heterocycles. The molecule has 0 radical (unpaired) electrons. The molecule has 0 spiro atoms. The molecule has 0 N–H and O–H groups in total. The van der Waals surface area contributed by atoms with Gasteiger partial charge in [-0.2, -0.15) is 0 Å². The molecule has 0 aromatic heterocycles. The first kappa shape index (κ1) is 7.41. The van der Waals surface area contributed by atoms with Crippen LogP contribution in [0.3, 0.4) is 0 Å². The Labute approximate surface area is 74.9 Å². The average molecular weight is 189 g/mol. The van der Waals surface area contributed by atoms with Crippen molar-refractivity contribution in [3.8, 4) is 0 Å². The minimum atomic E-state index is 0.208. The summed E-state index contributed by atoms with van der Waals surface area (Å²) in [5.41, 5.74) is 1.04.